The molecule has 150 valence electrons. The van der Waals surface area contributed by atoms with Crippen molar-refractivity contribution in [1.82, 2.24) is 9.88 Å². The number of rotatable bonds is 4. The molecular formula is C24H19BrN2O3. The molecule has 1 saturated heterocycles. The molecule has 0 bridgehead atoms. The number of carbonyl (C=O) groups excluding carboxylic acids is 2. The van der Waals surface area contributed by atoms with Crippen LogP contribution in [-0.2, 0) is 16.1 Å². The highest BCUT2D eigenvalue weighted by Crippen LogP contribution is 2.41. The van der Waals surface area contributed by atoms with Gasteiger partial charge in [-0.25, -0.2) is 0 Å². The SMILES string of the molecule is Cc1ccccc1C1/C(=C(/O)c2ccc(Br)cc2)C(=O)C(=O)N1Cc1ccncc1. The Hall–Kier alpha value is -3.25. The van der Waals surface area contributed by atoms with Crippen LogP contribution in [0, 0.1) is 6.92 Å². The molecule has 0 saturated carbocycles. The summed E-state index contributed by atoms with van der Waals surface area (Å²) in [6, 6.07) is 17.5. The second-order valence-corrected chi connectivity index (χ2v) is 8.06. The van der Waals surface area contributed by atoms with Gasteiger partial charge < -0.3 is 10.0 Å². The fourth-order valence-electron chi connectivity index (χ4n) is 3.71. The number of aliphatic hydroxyl groups is 1. The smallest absolute Gasteiger partial charge is 0.295 e. The fourth-order valence-corrected chi connectivity index (χ4v) is 3.97. The van der Waals surface area contributed by atoms with Gasteiger partial charge in [-0.1, -0.05) is 52.3 Å². The Labute approximate surface area is 182 Å². The zero-order valence-corrected chi connectivity index (χ0v) is 17.8. The van der Waals surface area contributed by atoms with Crippen LogP contribution in [0.3, 0.4) is 0 Å². The molecule has 3 aromatic rings. The molecule has 1 aromatic heterocycles. The van der Waals surface area contributed by atoms with Crippen LogP contribution in [0.25, 0.3) is 5.76 Å². The van der Waals surface area contributed by atoms with E-state index in [2.05, 4.69) is 20.9 Å². The van der Waals surface area contributed by atoms with E-state index in [-0.39, 0.29) is 17.9 Å². The molecule has 0 spiro atoms. The predicted molar refractivity (Wildman–Crippen MR) is 117 cm³/mol. The van der Waals surface area contributed by atoms with Gasteiger partial charge in [-0.3, -0.25) is 14.6 Å². The molecule has 1 amide bonds. The monoisotopic (exact) mass is 462 g/mol. The average molecular weight is 463 g/mol. The summed E-state index contributed by atoms with van der Waals surface area (Å²) >= 11 is 3.37. The van der Waals surface area contributed by atoms with E-state index < -0.39 is 17.7 Å². The first kappa shape index (κ1) is 20.0. The van der Waals surface area contributed by atoms with E-state index in [1.807, 2.05) is 43.3 Å². The van der Waals surface area contributed by atoms with Gasteiger partial charge in [-0.15, -0.1) is 0 Å². The number of nitrogens with zero attached hydrogens (tertiary/aromatic N) is 2. The molecule has 1 atom stereocenters. The largest absolute Gasteiger partial charge is 0.507 e. The van der Waals surface area contributed by atoms with Gasteiger partial charge in [0.25, 0.3) is 11.7 Å². The first-order chi connectivity index (χ1) is 14.5. The van der Waals surface area contributed by atoms with Gasteiger partial charge in [-0.2, -0.15) is 0 Å². The number of ketones is 1. The molecular weight excluding hydrogens is 444 g/mol. The zero-order chi connectivity index (χ0) is 21.3. The van der Waals surface area contributed by atoms with E-state index in [0.717, 1.165) is 21.2 Å². The highest BCUT2D eigenvalue weighted by molar-refractivity contribution is 9.10. The van der Waals surface area contributed by atoms with E-state index in [9.17, 15) is 14.7 Å². The fraction of sp³-hybridized carbons (Fsp3) is 0.125. The van der Waals surface area contributed by atoms with Crippen LogP contribution < -0.4 is 0 Å². The summed E-state index contributed by atoms with van der Waals surface area (Å²) in [5.74, 6) is -1.48. The summed E-state index contributed by atoms with van der Waals surface area (Å²) < 4.78 is 0.854. The first-order valence-electron chi connectivity index (χ1n) is 9.46. The number of aromatic nitrogens is 1. The maximum Gasteiger partial charge on any atom is 0.295 e. The number of Topliss-reactive ketones (excluding diaryl/α,β-unsaturated/α-hetero) is 1. The van der Waals surface area contributed by atoms with Crippen molar-refractivity contribution in [1.29, 1.82) is 0 Å². The Kier molecular flexibility index (Phi) is 5.50. The lowest BCUT2D eigenvalue weighted by molar-refractivity contribution is -0.140. The van der Waals surface area contributed by atoms with Crippen molar-refractivity contribution in [3.63, 3.8) is 0 Å². The number of halogens is 1. The minimum atomic E-state index is -0.683. The van der Waals surface area contributed by atoms with Gasteiger partial charge in [0.1, 0.15) is 5.76 Å². The molecule has 6 heteroatoms. The predicted octanol–water partition coefficient (Wildman–Crippen LogP) is 4.77. The molecule has 1 aliphatic rings. The van der Waals surface area contributed by atoms with E-state index in [1.165, 1.54) is 4.90 Å². The number of pyridine rings is 1. The van der Waals surface area contributed by atoms with Crippen LogP contribution in [0.1, 0.15) is 28.3 Å². The van der Waals surface area contributed by atoms with Crippen molar-refractivity contribution in [3.8, 4) is 0 Å². The lowest BCUT2D eigenvalue weighted by atomic mass is 9.92. The first-order valence-corrected chi connectivity index (χ1v) is 10.3. The van der Waals surface area contributed by atoms with Crippen molar-refractivity contribution < 1.29 is 14.7 Å². The van der Waals surface area contributed by atoms with E-state index in [4.69, 9.17) is 0 Å². The van der Waals surface area contributed by atoms with Crippen LogP contribution in [0.4, 0.5) is 0 Å². The number of benzene rings is 2. The molecule has 2 heterocycles. The van der Waals surface area contributed by atoms with Crippen molar-refractivity contribution >= 4 is 33.4 Å². The summed E-state index contributed by atoms with van der Waals surface area (Å²) in [5, 5.41) is 11.1. The summed E-state index contributed by atoms with van der Waals surface area (Å²) in [6.07, 6.45) is 3.30. The van der Waals surface area contributed by atoms with Gasteiger partial charge in [0.2, 0.25) is 0 Å². The number of hydrogen-bond acceptors (Lipinski definition) is 4. The number of amides is 1. The third-order valence-corrected chi connectivity index (χ3v) is 5.77. The highest BCUT2D eigenvalue weighted by Gasteiger charge is 2.46. The van der Waals surface area contributed by atoms with Crippen molar-refractivity contribution in [3.05, 3.63) is 105 Å². The van der Waals surface area contributed by atoms with Gasteiger partial charge in [0, 0.05) is 29.0 Å². The van der Waals surface area contributed by atoms with E-state index in [1.54, 1.807) is 36.7 Å². The van der Waals surface area contributed by atoms with Crippen LogP contribution in [0.5, 0.6) is 0 Å². The average Bonchev–Trinajstić information content (AvgIpc) is 3.00. The van der Waals surface area contributed by atoms with Crippen LogP contribution in [-0.4, -0.2) is 26.7 Å². The van der Waals surface area contributed by atoms with Crippen LogP contribution >= 0.6 is 15.9 Å². The summed E-state index contributed by atoms with van der Waals surface area (Å²) in [5.41, 5.74) is 3.19. The van der Waals surface area contributed by atoms with Crippen molar-refractivity contribution in [2.75, 3.05) is 0 Å². The summed E-state index contributed by atoms with van der Waals surface area (Å²) in [7, 11) is 0. The third-order valence-electron chi connectivity index (χ3n) is 5.24. The second-order valence-electron chi connectivity index (χ2n) is 7.15. The number of aliphatic hydroxyl groups excluding tert-OH is 1. The minimum Gasteiger partial charge on any atom is -0.507 e. The van der Waals surface area contributed by atoms with E-state index in [0.29, 0.717) is 5.56 Å². The maximum atomic E-state index is 13.1. The molecule has 1 unspecified atom stereocenters. The zero-order valence-electron chi connectivity index (χ0n) is 16.2. The molecule has 1 fully saturated rings. The van der Waals surface area contributed by atoms with Gasteiger partial charge in [-0.05, 0) is 47.9 Å². The topological polar surface area (TPSA) is 70.5 Å². The van der Waals surface area contributed by atoms with Gasteiger partial charge in [0.05, 0.1) is 11.6 Å². The molecule has 5 nitrogen and oxygen atoms in total. The summed E-state index contributed by atoms with van der Waals surface area (Å²) in [4.78, 5) is 31.6. The van der Waals surface area contributed by atoms with E-state index >= 15 is 0 Å². The number of aryl methyl sites for hydroxylation is 1. The maximum absolute atomic E-state index is 13.1. The molecule has 1 N–H and O–H groups in total. The minimum absolute atomic E-state index is 0.102. The molecule has 1 aliphatic heterocycles. The lowest BCUT2D eigenvalue weighted by Crippen LogP contribution is -2.29. The van der Waals surface area contributed by atoms with Crippen molar-refractivity contribution in [2.24, 2.45) is 0 Å². The molecule has 4 rings (SSSR count). The standard InChI is InChI=1S/C24H19BrN2O3/c1-15-4-2-3-5-19(15)21-20(22(28)17-6-8-18(25)9-7-17)23(29)24(30)27(21)14-16-10-12-26-13-11-16/h2-13,21,28H,14H2,1H3/b22-20-. The lowest BCUT2D eigenvalue weighted by Gasteiger charge is -2.26. The Morgan fingerprint density at radius 1 is 1.03 bits per heavy atom. The number of carbonyl (C=O) groups is 2. The number of likely N-dealkylation sites (tertiary alicyclic amines) is 1. The summed E-state index contributed by atoms with van der Waals surface area (Å²) in [6.45, 7) is 2.17. The van der Waals surface area contributed by atoms with Gasteiger partial charge in [0.15, 0.2) is 0 Å². The molecule has 2 aromatic carbocycles. The van der Waals surface area contributed by atoms with Crippen LogP contribution in [0.15, 0.2) is 83.1 Å². The normalized spacial score (nSPS) is 18.1. The Morgan fingerprint density at radius 2 is 1.70 bits per heavy atom. The molecule has 30 heavy (non-hydrogen) atoms. The van der Waals surface area contributed by atoms with Crippen LogP contribution in [0.2, 0.25) is 0 Å². The highest BCUT2D eigenvalue weighted by atomic mass is 79.9. The third kappa shape index (κ3) is 3.66. The Bertz CT molecular complexity index is 1140. The Balaban J connectivity index is 1.88. The van der Waals surface area contributed by atoms with Crippen molar-refractivity contribution in [2.45, 2.75) is 19.5 Å². The number of hydrogen-bond donors (Lipinski definition) is 1. The Morgan fingerprint density at radius 3 is 2.37 bits per heavy atom. The quantitative estimate of drug-likeness (QED) is 0.344. The second kappa shape index (κ2) is 8.24. The molecule has 0 aliphatic carbocycles. The molecule has 0 radical (unpaired) electrons. The van der Waals surface area contributed by atoms with Gasteiger partial charge >= 0.3 is 0 Å².